The SMILES string of the molecule is O=C(Nc1sc2c(c1-c1nc3ccccc3s1)CCNC2)C(F)(F)F. The molecule has 3 aromatic rings. The molecule has 0 atom stereocenters. The van der Waals surface area contributed by atoms with Crippen molar-refractivity contribution in [1.82, 2.24) is 10.3 Å². The van der Waals surface area contributed by atoms with Gasteiger partial charge >= 0.3 is 12.1 Å². The number of nitrogens with zero attached hydrogens (tertiary/aromatic N) is 1. The van der Waals surface area contributed by atoms with Gasteiger partial charge in [-0.1, -0.05) is 12.1 Å². The van der Waals surface area contributed by atoms with Gasteiger partial charge in [0.05, 0.1) is 10.2 Å². The van der Waals surface area contributed by atoms with Crippen molar-refractivity contribution in [2.24, 2.45) is 0 Å². The topological polar surface area (TPSA) is 54.0 Å². The second-order valence-corrected chi connectivity index (χ2v) is 7.71. The zero-order valence-electron chi connectivity index (χ0n) is 12.7. The first-order valence-electron chi connectivity index (χ1n) is 7.53. The maximum absolute atomic E-state index is 12.7. The van der Waals surface area contributed by atoms with Gasteiger partial charge in [-0.25, -0.2) is 4.98 Å². The fraction of sp³-hybridized carbons (Fsp3) is 0.250. The molecule has 130 valence electrons. The number of para-hydroxylation sites is 1. The molecule has 2 aromatic heterocycles. The first-order valence-corrected chi connectivity index (χ1v) is 9.16. The number of fused-ring (bicyclic) bond motifs is 2. The van der Waals surface area contributed by atoms with E-state index in [-0.39, 0.29) is 5.00 Å². The van der Waals surface area contributed by atoms with E-state index in [4.69, 9.17) is 0 Å². The van der Waals surface area contributed by atoms with Gasteiger partial charge in [-0.2, -0.15) is 13.2 Å². The van der Waals surface area contributed by atoms with Crippen molar-refractivity contribution in [3.05, 3.63) is 34.7 Å². The molecule has 4 nitrogen and oxygen atoms in total. The highest BCUT2D eigenvalue weighted by atomic mass is 32.1. The number of thiophene rings is 1. The third kappa shape index (κ3) is 3.03. The Morgan fingerprint density at radius 3 is 2.80 bits per heavy atom. The van der Waals surface area contributed by atoms with E-state index in [1.54, 1.807) is 0 Å². The Bertz CT molecular complexity index is 928. The number of hydrogen-bond acceptors (Lipinski definition) is 5. The van der Waals surface area contributed by atoms with E-state index in [0.717, 1.165) is 27.2 Å². The largest absolute Gasteiger partial charge is 0.471 e. The molecule has 0 radical (unpaired) electrons. The van der Waals surface area contributed by atoms with Crippen LogP contribution in [0.3, 0.4) is 0 Å². The van der Waals surface area contributed by atoms with Gasteiger partial charge in [0.2, 0.25) is 0 Å². The number of rotatable bonds is 2. The Balaban J connectivity index is 1.84. The van der Waals surface area contributed by atoms with Crippen molar-refractivity contribution in [1.29, 1.82) is 0 Å². The summed E-state index contributed by atoms with van der Waals surface area (Å²) in [6, 6.07) is 7.54. The number of halogens is 3. The summed E-state index contributed by atoms with van der Waals surface area (Å²) in [7, 11) is 0. The first kappa shape index (κ1) is 16.5. The van der Waals surface area contributed by atoms with Gasteiger partial charge in [0, 0.05) is 17.0 Å². The molecule has 0 bridgehead atoms. The number of aromatic nitrogens is 1. The van der Waals surface area contributed by atoms with E-state index in [1.165, 1.54) is 22.7 Å². The Kier molecular flexibility index (Phi) is 4.01. The van der Waals surface area contributed by atoms with Crippen molar-refractivity contribution in [3.8, 4) is 10.6 Å². The predicted octanol–water partition coefficient (Wildman–Crippen LogP) is 4.17. The summed E-state index contributed by atoms with van der Waals surface area (Å²) < 4.78 is 39.0. The monoisotopic (exact) mass is 383 g/mol. The number of alkyl halides is 3. The van der Waals surface area contributed by atoms with Crippen molar-refractivity contribution in [2.45, 2.75) is 19.1 Å². The molecule has 2 N–H and O–H groups in total. The van der Waals surface area contributed by atoms with Crippen LogP contribution in [0.2, 0.25) is 0 Å². The molecule has 1 aromatic carbocycles. The first-order chi connectivity index (χ1) is 11.9. The van der Waals surface area contributed by atoms with Gasteiger partial charge < -0.3 is 10.6 Å². The third-order valence-electron chi connectivity index (χ3n) is 3.92. The van der Waals surface area contributed by atoms with Crippen LogP contribution in [0.4, 0.5) is 18.2 Å². The van der Waals surface area contributed by atoms with Crippen LogP contribution in [0.25, 0.3) is 20.8 Å². The van der Waals surface area contributed by atoms with Crippen LogP contribution < -0.4 is 10.6 Å². The van der Waals surface area contributed by atoms with E-state index in [9.17, 15) is 18.0 Å². The average Bonchev–Trinajstić information content (AvgIpc) is 3.13. The van der Waals surface area contributed by atoms with Gasteiger partial charge in [0.1, 0.15) is 10.0 Å². The van der Waals surface area contributed by atoms with Gasteiger partial charge in [-0.3, -0.25) is 4.79 Å². The second-order valence-electron chi connectivity index (χ2n) is 5.57. The number of carbonyl (C=O) groups excluding carboxylic acids is 1. The molecule has 3 heterocycles. The van der Waals surface area contributed by atoms with Crippen LogP contribution in [0.5, 0.6) is 0 Å². The van der Waals surface area contributed by atoms with E-state index in [0.29, 0.717) is 23.5 Å². The highest BCUT2D eigenvalue weighted by Crippen LogP contribution is 2.45. The van der Waals surface area contributed by atoms with E-state index < -0.39 is 12.1 Å². The molecule has 0 fully saturated rings. The molecule has 1 aliphatic rings. The van der Waals surface area contributed by atoms with Crippen LogP contribution in [0.15, 0.2) is 24.3 Å². The van der Waals surface area contributed by atoms with Crippen LogP contribution in [-0.2, 0) is 17.8 Å². The Hall–Kier alpha value is -1.97. The van der Waals surface area contributed by atoms with E-state index in [1.807, 2.05) is 29.6 Å². The fourth-order valence-corrected chi connectivity index (χ4v) is 5.12. The van der Waals surface area contributed by atoms with Crippen LogP contribution in [-0.4, -0.2) is 23.6 Å². The lowest BCUT2D eigenvalue weighted by Gasteiger charge is -2.13. The number of carbonyl (C=O) groups is 1. The lowest BCUT2D eigenvalue weighted by molar-refractivity contribution is -0.167. The Labute approximate surface area is 148 Å². The number of hydrogen-bond donors (Lipinski definition) is 2. The summed E-state index contributed by atoms with van der Waals surface area (Å²) in [5.41, 5.74) is 2.39. The average molecular weight is 383 g/mol. The highest BCUT2D eigenvalue weighted by molar-refractivity contribution is 7.22. The molecule has 1 aliphatic heterocycles. The molecule has 25 heavy (non-hydrogen) atoms. The molecule has 0 spiro atoms. The number of anilines is 1. The standard InChI is InChI=1S/C16H12F3N3OS2/c17-16(18,19)15(23)22-14-12(8-5-6-20-7-11(8)25-14)13-21-9-3-1-2-4-10(9)24-13/h1-4,20H,5-7H2,(H,22,23). The van der Waals surface area contributed by atoms with Gasteiger partial charge in [0.15, 0.2) is 0 Å². The van der Waals surface area contributed by atoms with Crippen molar-refractivity contribution < 1.29 is 18.0 Å². The summed E-state index contributed by atoms with van der Waals surface area (Å²) >= 11 is 2.60. The summed E-state index contributed by atoms with van der Waals surface area (Å²) in [6.45, 7) is 1.33. The third-order valence-corrected chi connectivity index (χ3v) is 6.12. The number of amides is 1. The molecule has 0 saturated carbocycles. The zero-order valence-corrected chi connectivity index (χ0v) is 14.4. The second kappa shape index (κ2) is 6.08. The minimum Gasteiger partial charge on any atom is -0.312 e. The summed E-state index contributed by atoms with van der Waals surface area (Å²) in [6.07, 6.45) is -4.23. The molecule has 4 rings (SSSR count). The number of benzene rings is 1. The normalized spacial score (nSPS) is 14.5. The quantitative estimate of drug-likeness (QED) is 0.698. The molecule has 9 heteroatoms. The molecule has 0 unspecified atom stereocenters. The maximum atomic E-state index is 12.7. The minimum atomic E-state index is -4.92. The Morgan fingerprint density at radius 2 is 2.04 bits per heavy atom. The molecule has 1 amide bonds. The zero-order chi connectivity index (χ0) is 17.6. The van der Waals surface area contributed by atoms with Crippen molar-refractivity contribution in [3.63, 3.8) is 0 Å². The summed E-state index contributed by atoms with van der Waals surface area (Å²) in [5, 5.41) is 6.10. The smallest absolute Gasteiger partial charge is 0.312 e. The molecular weight excluding hydrogens is 371 g/mol. The van der Waals surface area contributed by atoms with Crippen LogP contribution in [0.1, 0.15) is 10.4 Å². The predicted molar refractivity (Wildman–Crippen MR) is 93.0 cm³/mol. The van der Waals surface area contributed by atoms with Gasteiger partial charge in [-0.05, 0) is 30.7 Å². The molecule has 0 saturated heterocycles. The van der Waals surface area contributed by atoms with Gasteiger partial charge in [0.25, 0.3) is 0 Å². The number of nitrogens with one attached hydrogen (secondary N) is 2. The molecular formula is C16H12F3N3OS2. The molecule has 0 aliphatic carbocycles. The Morgan fingerprint density at radius 1 is 1.24 bits per heavy atom. The number of thiazole rings is 1. The fourth-order valence-electron chi connectivity index (χ4n) is 2.80. The van der Waals surface area contributed by atoms with E-state index >= 15 is 0 Å². The van der Waals surface area contributed by atoms with Crippen LogP contribution >= 0.6 is 22.7 Å². The van der Waals surface area contributed by atoms with Crippen molar-refractivity contribution in [2.75, 3.05) is 11.9 Å². The van der Waals surface area contributed by atoms with E-state index in [2.05, 4.69) is 10.3 Å². The summed E-state index contributed by atoms with van der Waals surface area (Å²) in [4.78, 5) is 16.9. The maximum Gasteiger partial charge on any atom is 0.471 e. The lowest BCUT2D eigenvalue weighted by atomic mass is 10.0. The highest BCUT2D eigenvalue weighted by Gasteiger charge is 2.40. The minimum absolute atomic E-state index is 0.218. The van der Waals surface area contributed by atoms with Crippen LogP contribution in [0, 0.1) is 0 Å². The van der Waals surface area contributed by atoms with Gasteiger partial charge in [-0.15, -0.1) is 22.7 Å². The van der Waals surface area contributed by atoms with Crippen molar-refractivity contribution >= 4 is 43.8 Å². The lowest BCUT2D eigenvalue weighted by Crippen LogP contribution is -2.29. The summed E-state index contributed by atoms with van der Waals surface area (Å²) in [5.74, 6) is -1.96.